The Morgan fingerprint density at radius 2 is 1.75 bits per heavy atom. The smallest absolute Gasteiger partial charge is 0.408 e. The molecule has 1 aromatic carbocycles. The summed E-state index contributed by atoms with van der Waals surface area (Å²) in [5.74, 6) is -0.0122. The van der Waals surface area contributed by atoms with Crippen LogP contribution >= 0.6 is 33.9 Å². The summed E-state index contributed by atoms with van der Waals surface area (Å²) in [6.07, 6.45) is 7.26. The summed E-state index contributed by atoms with van der Waals surface area (Å²) in [5, 5.41) is 8.18. The number of hydrogen-bond acceptors (Lipinski definition) is 5. The zero-order chi connectivity index (χ0) is 28.8. The van der Waals surface area contributed by atoms with Crippen molar-refractivity contribution < 1.29 is 19.1 Å². The zero-order valence-corrected chi connectivity index (χ0v) is 26.8. The van der Waals surface area contributed by atoms with Crippen LogP contribution in [0.5, 0.6) is 0 Å². The number of piperidine rings is 1. The molecule has 1 saturated heterocycles. The first kappa shape index (κ1) is 30.8. The third-order valence-electron chi connectivity index (χ3n) is 7.88. The molecule has 1 unspecified atom stereocenters. The molecule has 0 spiro atoms. The molecular weight excluding hydrogens is 637 g/mol. The molecule has 9 heteroatoms. The molecule has 2 heterocycles. The van der Waals surface area contributed by atoms with Crippen molar-refractivity contribution in [3.8, 4) is 0 Å². The molecular formula is C31H42IN3O4S. The van der Waals surface area contributed by atoms with Crippen LogP contribution in [0.15, 0.2) is 41.8 Å². The molecule has 1 aliphatic heterocycles. The fraction of sp³-hybridized carbons (Fsp3) is 0.581. The molecule has 2 N–H and O–H groups in total. The molecule has 1 aromatic heterocycles. The quantitative estimate of drug-likeness (QED) is 0.331. The lowest BCUT2D eigenvalue weighted by Crippen LogP contribution is -2.56. The van der Waals surface area contributed by atoms with E-state index in [1.54, 1.807) is 32.1 Å². The van der Waals surface area contributed by atoms with E-state index < -0.39 is 23.2 Å². The number of ether oxygens (including phenoxy) is 1. The molecule has 0 radical (unpaired) electrons. The number of likely N-dealkylation sites (tertiary alicyclic amines) is 1. The van der Waals surface area contributed by atoms with E-state index in [0.29, 0.717) is 38.8 Å². The van der Waals surface area contributed by atoms with Crippen LogP contribution in [0.1, 0.15) is 76.2 Å². The zero-order valence-electron chi connectivity index (χ0n) is 23.8. The number of amides is 3. The van der Waals surface area contributed by atoms with Crippen LogP contribution in [0.3, 0.4) is 0 Å². The summed E-state index contributed by atoms with van der Waals surface area (Å²) in [6.45, 7) is 6.35. The van der Waals surface area contributed by atoms with Crippen LogP contribution in [0.4, 0.5) is 4.79 Å². The number of rotatable bonds is 8. The van der Waals surface area contributed by atoms with Crippen molar-refractivity contribution in [3.63, 3.8) is 0 Å². The van der Waals surface area contributed by atoms with Gasteiger partial charge in [-0.1, -0.05) is 37.5 Å². The minimum absolute atomic E-state index is 0.118. The Morgan fingerprint density at radius 1 is 1.07 bits per heavy atom. The molecule has 7 nitrogen and oxygen atoms in total. The van der Waals surface area contributed by atoms with Gasteiger partial charge in [-0.3, -0.25) is 9.59 Å². The second kappa shape index (κ2) is 13.7. The standard InChI is InChI=1S/C31H42IN3O4S/c1-30(2,3)39-29(38)34-26(20-25-10-7-19-40-25)27(36)35-17-15-31(16-18-35,21-22-11-13-23(32)14-12-22)28(37)33-24-8-5-4-6-9-24/h7,10-14,19,24,26H,4-6,8-9,15-18,20-21H2,1-3H3,(H,33,37)(H,34,38). The van der Waals surface area contributed by atoms with Crippen LogP contribution in [0.25, 0.3) is 0 Å². The monoisotopic (exact) mass is 679 g/mol. The third kappa shape index (κ3) is 8.68. The first-order chi connectivity index (χ1) is 19.0. The van der Waals surface area contributed by atoms with Crippen molar-refractivity contribution in [3.05, 3.63) is 55.8 Å². The van der Waals surface area contributed by atoms with Gasteiger partial charge < -0.3 is 20.3 Å². The number of alkyl carbamates (subject to hydrolysis) is 1. The highest BCUT2D eigenvalue weighted by atomic mass is 127. The molecule has 4 rings (SSSR count). The lowest BCUT2D eigenvalue weighted by molar-refractivity contribution is -0.142. The number of benzene rings is 1. The Kier molecular flexibility index (Phi) is 10.5. The van der Waals surface area contributed by atoms with Gasteiger partial charge in [-0.15, -0.1) is 11.3 Å². The van der Waals surface area contributed by atoms with Crippen LogP contribution in [-0.4, -0.2) is 53.6 Å². The Balaban J connectivity index is 1.48. The summed E-state index contributed by atoms with van der Waals surface area (Å²) in [5.41, 5.74) is -0.0868. The Bertz CT molecular complexity index is 1130. The molecule has 1 saturated carbocycles. The number of nitrogens with one attached hydrogen (secondary N) is 2. The van der Waals surface area contributed by atoms with Crippen molar-refractivity contribution in [2.45, 2.75) is 96.2 Å². The SMILES string of the molecule is CC(C)(C)OC(=O)NC(Cc1cccs1)C(=O)N1CCC(Cc2ccc(I)cc2)(C(=O)NC2CCCCC2)CC1. The maximum Gasteiger partial charge on any atom is 0.408 e. The van der Waals surface area contributed by atoms with E-state index in [4.69, 9.17) is 4.74 Å². The Hall–Kier alpha value is -2.14. The van der Waals surface area contributed by atoms with Gasteiger partial charge in [0.2, 0.25) is 11.8 Å². The van der Waals surface area contributed by atoms with Crippen molar-refractivity contribution in [2.75, 3.05) is 13.1 Å². The van der Waals surface area contributed by atoms with E-state index >= 15 is 0 Å². The maximum atomic E-state index is 13.9. The van der Waals surface area contributed by atoms with Crippen molar-refractivity contribution in [1.82, 2.24) is 15.5 Å². The summed E-state index contributed by atoms with van der Waals surface area (Å²) >= 11 is 3.86. The number of nitrogens with zero attached hydrogens (tertiary/aromatic N) is 1. The minimum atomic E-state index is -0.728. The van der Waals surface area contributed by atoms with E-state index in [2.05, 4.69) is 57.5 Å². The average Bonchev–Trinajstić information content (AvgIpc) is 3.42. The average molecular weight is 680 g/mol. The topological polar surface area (TPSA) is 87.7 Å². The van der Waals surface area contributed by atoms with Gasteiger partial charge in [0.05, 0.1) is 5.41 Å². The van der Waals surface area contributed by atoms with E-state index in [-0.39, 0.29) is 17.9 Å². The highest BCUT2D eigenvalue weighted by Gasteiger charge is 2.44. The van der Waals surface area contributed by atoms with Gasteiger partial charge in [-0.25, -0.2) is 4.79 Å². The number of hydrogen-bond donors (Lipinski definition) is 2. The molecule has 2 fully saturated rings. The highest BCUT2D eigenvalue weighted by Crippen LogP contribution is 2.37. The van der Waals surface area contributed by atoms with Crippen LogP contribution < -0.4 is 10.6 Å². The molecule has 1 aliphatic carbocycles. The fourth-order valence-corrected chi connectivity index (χ4v) is 6.83. The second-order valence-corrected chi connectivity index (χ2v) is 14.5. The van der Waals surface area contributed by atoms with Gasteiger partial charge in [-0.05, 0) is 105 Å². The predicted molar refractivity (Wildman–Crippen MR) is 167 cm³/mol. The molecule has 2 aromatic rings. The largest absolute Gasteiger partial charge is 0.444 e. The molecule has 2 aliphatic rings. The number of carbonyl (C=O) groups excluding carboxylic acids is 3. The van der Waals surface area contributed by atoms with Gasteiger partial charge >= 0.3 is 6.09 Å². The minimum Gasteiger partial charge on any atom is -0.444 e. The summed E-state index contributed by atoms with van der Waals surface area (Å²) in [4.78, 5) is 43.1. The molecule has 0 bridgehead atoms. The van der Waals surface area contributed by atoms with E-state index in [1.807, 2.05) is 22.4 Å². The lowest BCUT2D eigenvalue weighted by Gasteiger charge is -2.42. The normalized spacial score (nSPS) is 18.6. The van der Waals surface area contributed by atoms with Gasteiger partial charge in [-0.2, -0.15) is 0 Å². The van der Waals surface area contributed by atoms with Crippen molar-refractivity contribution in [1.29, 1.82) is 0 Å². The third-order valence-corrected chi connectivity index (χ3v) is 9.50. The van der Waals surface area contributed by atoms with Crippen LogP contribution in [0, 0.1) is 8.99 Å². The second-order valence-electron chi connectivity index (χ2n) is 12.2. The molecule has 40 heavy (non-hydrogen) atoms. The van der Waals surface area contributed by atoms with Crippen LogP contribution in [0.2, 0.25) is 0 Å². The fourth-order valence-electron chi connectivity index (χ4n) is 5.72. The Labute approximate surface area is 256 Å². The Morgan fingerprint density at radius 3 is 2.35 bits per heavy atom. The van der Waals surface area contributed by atoms with Gasteiger partial charge in [0, 0.05) is 34.0 Å². The maximum absolute atomic E-state index is 13.9. The lowest BCUT2D eigenvalue weighted by atomic mass is 9.72. The van der Waals surface area contributed by atoms with Crippen LogP contribution in [-0.2, 0) is 27.2 Å². The number of carbonyl (C=O) groups is 3. The van der Waals surface area contributed by atoms with E-state index in [0.717, 1.165) is 39.7 Å². The summed E-state index contributed by atoms with van der Waals surface area (Å²) in [7, 11) is 0. The van der Waals surface area contributed by atoms with Gasteiger partial charge in [0.15, 0.2) is 0 Å². The number of thiophene rings is 1. The van der Waals surface area contributed by atoms with E-state index in [1.165, 1.54) is 6.42 Å². The molecule has 1 atom stereocenters. The first-order valence-electron chi connectivity index (χ1n) is 14.4. The first-order valence-corrected chi connectivity index (χ1v) is 16.3. The van der Waals surface area contributed by atoms with Gasteiger partial charge in [0.25, 0.3) is 0 Å². The van der Waals surface area contributed by atoms with Crippen molar-refractivity contribution in [2.24, 2.45) is 5.41 Å². The van der Waals surface area contributed by atoms with Crippen molar-refractivity contribution >= 4 is 51.8 Å². The summed E-state index contributed by atoms with van der Waals surface area (Å²) in [6, 6.07) is 11.8. The molecule has 218 valence electrons. The summed E-state index contributed by atoms with van der Waals surface area (Å²) < 4.78 is 6.63. The predicted octanol–water partition coefficient (Wildman–Crippen LogP) is 6.09. The highest BCUT2D eigenvalue weighted by molar-refractivity contribution is 14.1. The van der Waals surface area contributed by atoms with E-state index in [9.17, 15) is 14.4 Å². The van der Waals surface area contributed by atoms with Gasteiger partial charge in [0.1, 0.15) is 11.6 Å². The molecule has 3 amide bonds. The number of halogens is 1.